The SMILES string of the molecule is CC.CC12CCCCC1CCC1C2CCC2(C)C(CCCCCCO)CCC12.CCCC(=O)O. The molecule has 0 saturated heterocycles. The van der Waals surface area contributed by atoms with Gasteiger partial charge < -0.3 is 10.2 Å². The molecule has 4 rings (SSSR count). The van der Waals surface area contributed by atoms with E-state index in [-0.39, 0.29) is 0 Å². The van der Waals surface area contributed by atoms with E-state index >= 15 is 0 Å². The first-order chi connectivity index (χ1) is 16.4. The Morgan fingerprint density at radius 2 is 1.53 bits per heavy atom. The van der Waals surface area contributed by atoms with Crippen LogP contribution in [-0.4, -0.2) is 22.8 Å². The summed E-state index contributed by atoms with van der Waals surface area (Å²) in [6.07, 6.45) is 22.8. The van der Waals surface area contributed by atoms with Crippen LogP contribution >= 0.6 is 0 Å². The highest BCUT2D eigenvalue weighted by Gasteiger charge is 2.59. The maximum atomic E-state index is 9.60. The zero-order valence-electron chi connectivity index (χ0n) is 23.4. The molecule has 0 radical (unpaired) electrons. The van der Waals surface area contributed by atoms with Crippen molar-refractivity contribution in [1.29, 1.82) is 0 Å². The average Bonchev–Trinajstić information content (AvgIpc) is 3.16. The highest BCUT2D eigenvalue weighted by molar-refractivity contribution is 5.66. The summed E-state index contributed by atoms with van der Waals surface area (Å²) < 4.78 is 0. The van der Waals surface area contributed by atoms with E-state index in [9.17, 15) is 4.79 Å². The van der Waals surface area contributed by atoms with Crippen molar-refractivity contribution in [2.24, 2.45) is 40.4 Å². The number of fused-ring (bicyclic) bond motifs is 5. The van der Waals surface area contributed by atoms with Crippen LogP contribution in [0.2, 0.25) is 0 Å². The molecule has 0 spiro atoms. The summed E-state index contributed by atoms with van der Waals surface area (Å²) in [6, 6.07) is 0. The van der Waals surface area contributed by atoms with Crippen LogP contribution in [0, 0.1) is 40.4 Å². The third-order valence-electron chi connectivity index (χ3n) is 10.7. The largest absolute Gasteiger partial charge is 0.481 e. The lowest BCUT2D eigenvalue weighted by Crippen LogP contribution is -2.52. The number of hydrogen-bond donors (Lipinski definition) is 2. The molecule has 0 aliphatic heterocycles. The summed E-state index contributed by atoms with van der Waals surface area (Å²) in [7, 11) is 0. The van der Waals surface area contributed by atoms with Crippen molar-refractivity contribution in [3.05, 3.63) is 0 Å². The predicted molar refractivity (Wildman–Crippen MR) is 144 cm³/mol. The molecule has 0 aromatic heterocycles. The Bertz CT molecular complexity index is 589. The van der Waals surface area contributed by atoms with Crippen LogP contribution in [0.3, 0.4) is 0 Å². The van der Waals surface area contributed by atoms with Crippen LogP contribution in [0.25, 0.3) is 0 Å². The molecule has 3 heteroatoms. The van der Waals surface area contributed by atoms with E-state index in [2.05, 4.69) is 13.8 Å². The first-order valence-corrected chi connectivity index (χ1v) is 15.2. The second-order valence-corrected chi connectivity index (χ2v) is 12.3. The van der Waals surface area contributed by atoms with Crippen LogP contribution in [0.1, 0.15) is 144 Å². The van der Waals surface area contributed by atoms with Crippen molar-refractivity contribution in [3.8, 4) is 0 Å². The van der Waals surface area contributed by atoms with Gasteiger partial charge in [-0.3, -0.25) is 4.79 Å². The van der Waals surface area contributed by atoms with Crippen LogP contribution in [0.4, 0.5) is 0 Å². The fraction of sp³-hybridized carbons (Fsp3) is 0.968. The summed E-state index contributed by atoms with van der Waals surface area (Å²) in [6.45, 7) is 11.6. The van der Waals surface area contributed by atoms with Gasteiger partial charge in [0.25, 0.3) is 0 Å². The lowest BCUT2D eigenvalue weighted by atomic mass is 9.45. The number of carbonyl (C=O) groups is 1. The summed E-state index contributed by atoms with van der Waals surface area (Å²) >= 11 is 0. The minimum Gasteiger partial charge on any atom is -0.481 e. The van der Waals surface area contributed by atoms with E-state index in [0.717, 1.165) is 42.4 Å². The maximum Gasteiger partial charge on any atom is 0.303 e. The maximum absolute atomic E-state index is 9.60. The number of rotatable bonds is 8. The van der Waals surface area contributed by atoms with E-state index in [4.69, 9.17) is 10.2 Å². The molecule has 7 unspecified atom stereocenters. The zero-order chi connectivity index (χ0) is 25.2. The van der Waals surface area contributed by atoms with Crippen molar-refractivity contribution in [2.45, 2.75) is 144 Å². The molecule has 4 fully saturated rings. The molecule has 7 atom stereocenters. The Balaban J connectivity index is 0.000000447. The summed E-state index contributed by atoms with van der Waals surface area (Å²) in [5.74, 6) is 4.52. The van der Waals surface area contributed by atoms with Gasteiger partial charge in [-0.15, -0.1) is 0 Å². The van der Waals surface area contributed by atoms with Gasteiger partial charge in [0.05, 0.1) is 0 Å². The van der Waals surface area contributed by atoms with Gasteiger partial charge in [0, 0.05) is 13.0 Å². The van der Waals surface area contributed by atoms with Crippen molar-refractivity contribution in [1.82, 2.24) is 0 Å². The number of carboxylic acids is 1. The summed E-state index contributed by atoms with van der Waals surface area (Å²) in [4.78, 5) is 9.60. The van der Waals surface area contributed by atoms with Gasteiger partial charge in [-0.2, -0.15) is 0 Å². The predicted octanol–water partition coefficient (Wildman–Crippen LogP) is 8.88. The number of aliphatic carboxylic acids is 1. The molecule has 3 nitrogen and oxygen atoms in total. The standard InChI is InChI=1S/C25H44O.C4H8O2.C2H6/c1-24-16-7-6-10-19(24)11-13-21-22-14-12-20(9-5-3-4-8-18-26)25(22,2)17-15-23(21)24;1-2-3-4(5)6;1-2/h19-23,26H,3-18H2,1-2H3;2-3H2,1H3,(H,5,6);1-2H3. The molecule has 0 heterocycles. The number of aliphatic hydroxyl groups excluding tert-OH is 1. The Kier molecular flexibility index (Phi) is 12.4. The van der Waals surface area contributed by atoms with E-state index in [0.29, 0.717) is 23.9 Å². The Hall–Kier alpha value is -0.570. The highest BCUT2D eigenvalue weighted by Crippen LogP contribution is 2.67. The summed E-state index contributed by atoms with van der Waals surface area (Å²) in [5.41, 5.74) is 1.36. The van der Waals surface area contributed by atoms with Gasteiger partial charge in [0.2, 0.25) is 0 Å². The average molecular weight is 479 g/mol. The second-order valence-electron chi connectivity index (χ2n) is 12.3. The van der Waals surface area contributed by atoms with E-state index in [1.807, 2.05) is 20.8 Å². The van der Waals surface area contributed by atoms with E-state index in [1.165, 1.54) is 64.2 Å². The van der Waals surface area contributed by atoms with Gasteiger partial charge in [-0.1, -0.05) is 66.7 Å². The van der Waals surface area contributed by atoms with E-state index in [1.54, 1.807) is 25.7 Å². The Labute approximate surface area is 211 Å². The molecule has 2 N–H and O–H groups in total. The quantitative estimate of drug-likeness (QED) is 0.342. The molecule has 4 saturated carbocycles. The molecule has 0 bridgehead atoms. The van der Waals surface area contributed by atoms with Crippen LogP contribution in [-0.2, 0) is 4.79 Å². The molecule has 200 valence electrons. The lowest BCUT2D eigenvalue weighted by Gasteiger charge is -2.60. The minimum atomic E-state index is -0.711. The zero-order valence-corrected chi connectivity index (χ0v) is 23.4. The second kappa shape index (κ2) is 14.2. The smallest absolute Gasteiger partial charge is 0.303 e. The molecular formula is C31H58O3. The number of carboxylic acid groups (broad SMARTS) is 1. The fourth-order valence-corrected chi connectivity index (χ4v) is 8.95. The van der Waals surface area contributed by atoms with Crippen molar-refractivity contribution in [2.75, 3.05) is 6.61 Å². The molecule has 0 aromatic rings. The van der Waals surface area contributed by atoms with Gasteiger partial charge in [-0.05, 0) is 111 Å². The van der Waals surface area contributed by atoms with Crippen molar-refractivity contribution < 1.29 is 15.0 Å². The molecule has 34 heavy (non-hydrogen) atoms. The van der Waals surface area contributed by atoms with Crippen molar-refractivity contribution in [3.63, 3.8) is 0 Å². The van der Waals surface area contributed by atoms with Crippen LogP contribution < -0.4 is 0 Å². The van der Waals surface area contributed by atoms with Crippen LogP contribution in [0.5, 0.6) is 0 Å². The first-order valence-electron chi connectivity index (χ1n) is 15.2. The van der Waals surface area contributed by atoms with Gasteiger partial charge in [0.15, 0.2) is 0 Å². The Morgan fingerprint density at radius 1 is 0.824 bits per heavy atom. The number of unbranched alkanes of at least 4 members (excludes halogenated alkanes) is 3. The molecular weight excluding hydrogens is 420 g/mol. The van der Waals surface area contributed by atoms with Crippen LogP contribution in [0.15, 0.2) is 0 Å². The minimum absolute atomic E-state index is 0.292. The molecule has 0 aromatic carbocycles. The lowest BCUT2D eigenvalue weighted by molar-refractivity contribution is -0.137. The topological polar surface area (TPSA) is 57.5 Å². The van der Waals surface area contributed by atoms with Crippen molar-refractivity contribution >= 4 is 5.97 Å². The van der Waals surface area contributed by atoms with Gasteiger partial charge >= 0.3 is 5.97 Å². The van der Waals surface area contributed by atoms with Gasteiger partial charge in [0.1, 0.15) is 0 Å². The number of hydrogen-bond acceptors (Lipinski definition) is 2. The highest BCUT2D eigenvalue weighted by atomic mass is 16.4. The van der Waals surface area contributed by atoms with Gasteiger partial charge in [-0.25, -0.2) is 0 Å². The fourth-order valence-electron chi connectivity index (χ4n) is 8.95. The Morgan fingerprint density at radius 3 is 2.18 bits per heavy atom. The third kappa shape index (κ3) is 6.80. The third-order valence-corrected chi connectivity index (χ3v) is 10.7. The molecule has 0 amide bonds. The number of aliphatic hydroxyl groups is 1. The molecule has 4 aliphatic rings. The first kappa shape index (κ1) is 29.7. The molecule has 4 aliphatic carbocycles. The monoisotopic (exact) mass is 478 g/mol. The normalized spacial score (nSPS) is 38.2. The summed E-state index contributed by atoms with van der Waals surface area (Å²) in [5, 5.41) is 16.9. The van der Waals surface area contributed by atoms with E-state index < -0.39 is 5.97 Å².